The van der Waals surface area contributed by atoms with Crippen LogP contribution in [0.25, 0.3) is 0 Å². The molecule has 1 amide bonds. The Balaban J connectivity index is 1.41. The van der Waals surface area contributed by atoms with Gasteiger partial charge in [-0.1, -0.05) is 19.8 Å². The van der Waals surface area contributed by atoms with Crippen LogP contribution in [0.4, 0.5) is 0 Å². The normalized spacial score (nSPS) is 35.6. The fraction of sp³-hybridized carbons (Fsp3) is 0.938. The SMILES string of the molecule is C[C@@H]1CN(CCC(=O)NC2CCCC2)C[C@@]1(O)C1CC1. The average Bonchev–Trinajstić information content (AvgIpc) is 3.08. The van der Waals surface area contributed by atoms with E-state index in [-0.39, 0.29) is 5.91 Å². The lowest BCUT2D eigenvalue weighted by Crippen LogP contribution is -2.40. The summed E-state index contributed by atoms with van der Waals surface area (Å²) < 4.78 is 0. The van der Waals surface area contributed by atoms with Crippen LogP contribution < -0.4 is 5.32 Å². The fourth-order valence-corrected chi connectivity index (χ4v) is 4.04. The van der Waals surface area contributed by atoms with E-state index in [1.807, 2.05) is 0 Å². The number of hydrogen-bond acceptors (Lipinski definition) is 3. The van der Waals surface area contributed by atoms with Crippen molar-refractivity contribution in [2.45, 2.75) is 63.5 Å². The summed E-state index contributed by atoms with van der Waals surface area (Å²) in [5, 5.41) is 13.9. The highest BCUT2D eigenvalue weighted by molar-refractivity contribution is 5.76. The van der Waals surface area contributed by atoms with E-state index in [1.54, 1.807) is 0 Å². The highest BCUT2D eigenvalue weighted by Gasteiger charge is 2.52. The molecule has 3 aliphatic rings. The van der Waals surface area contributed by atoms with Gasteiger partial charge in [-0.25, -0.2) is 0 Å². The highest BCUT2D eigenvalue weighted by atomic mass is 16.3. The van der Waals surface area contributed by atoms with E-state index in [0.29, 0.717) is 24.3 Å². The van der Waals surface area contributed by atoms with E-state index in [2.05, 4.69) is 17.1 Å². The molecule has 20 heavy (non-hydrogen) atoms. The van der Waals surface area contributed by atoms with Gasteiger partial charge in [-0.15, -0.1) is 0 Å². The zero-order chi connectivity index (χ0) is 14.2. The molecule has 114 valence electrons. The van der Waals surface area contributed by atoms with Crippen molar-refractivity contribution in [1.82, 2.24) is 10.2 Å². The van der Waals surface area contributed by atoms with Crippen molar-refractivity contribution in [1.29, 1.82) is 0 Å². The lowest BCUT2D eigenvalue weighted by Gasteiger charge is -2.26. The second-order valence-electron chi connectivity index (χ2n) is 7.20. The van der Waals surface area contributed by atoms with Gasteiger partial charge in [0.2, 0.25) is 5.91 Å². The van der Waals surface area contributed by atoms with Crippen molar-refractivity contribution in [2.75, 3.05) is 19.6 Å². The first-order valence-electron chi connectivity index (χ1n) is 8.32. The Bertz CT molecular complexity index is 363. The maximum Gasteiger partial charge on any atom is 0.221 e. The molecule has 0 radical (unpaired) electrons. The first-order chi connectivity index (χ1) is 9.58. The number of carbonyl (C=O) groups is 1. The smallest absolute Gasteiger partial charge is 0.221 e. The third kappa shape index (κ3) is 3.01. The molecule has 1 heterocycles. The van der Waals surface area contributed by atoms with Crippen molar-refractivity contribution >= 4 is 5.91 Å². The Morgan fingerprint density at radius 2 is 2.00 bits per heavy atom. The number of amides is 1. The Morgan fingerprint density at radius 1 is 1.30 bits per heavy atom. The molecule has 0 unspecified atom stereocenters. The van der Waals surface area contributed by atoms with Crippen LogP contribution in [-0.4, -0.2) is 47.2 Å². The summed E-state index contributed by atoms with van der Waals surface area (Å²) in [6, 6.07) is 0.420. The van der Waals surface area contributed by atoms with Crippen LogP contribution in [0.15, 0.2) is 0 Å². The predicted molar refractivity (Wildman–Crippen MR) is 78.3 cm³/mol. The van der Waals surface area contributed by atoms with Crippen molar-refractivity contribution in [2.24, 2.45) is 11.8 Å². The van der Waals surface area contributed by atoms with E-state index >= 15 is 0 Å². The van der Waals surface area contributed by atoms with Crippen LogP contribution in [0.5, 0.6) is 0 Å². The number of nitrogens with zero attached hydrogens (tertiary/aromatic N) is 1. The van der Waals surface area contributed by atoms with Gasteiger partial charge in [0.1, 0.15) is 0 Å². The molecular formula is C16H28N2O2. The molecule has 0 aromatic rings. The van der Waals surface area contributed by atoms with Gasteiger partial charge in [0.15, 0.2) is 0 Å². The van der Waals surface area contributed by atoms with Crippen LogP contribution in [0.2, 0.25) is 0 Å². The molecule has 0 aromatic carbocycles. The average molecular weight is 280 g/mol. The summed E-state index contributed by atoms with van der Waals surface area (Å²) in [7, 11) is 0. The fourth-order valence-electron chi connectivity index (χ4n) is 4.04. The van der Waals surface area contributed by atoms with Crippen LogP contribution >= 0.6 is 0 Å². The molecule has 1 saturated heterocycles. The quantitative estimate of drug-likeness (QED) is 0.803. The lowest BCUT2D eigenvalue weighted by molar-refractivity contribution is -0.122. The van der Waals surface area contributed by atoms with Gasteiger partial charge in [0.05, 0.1) is 5.60 Å². The zero-order valence-electron chi connectivity index (χ0n) is 12.6. The molecule has 3 rings (SSSR count). The Kier molecular flexibility index (Phi) is 4.04. The lowest BCUT2D eigenvalue weighted by atomic mass is 9.88. The molecular weight excluding hydrogens is 252 g/mol. The summed E-state index contributed by atoms with van der Waals surface area (Å²) in [5.41, 5.74) is -0.484. The summed E-state index contributed by atoms with van der Waals surface area (Å²) in [4.78, 5) is 14.2. The van der Waals surface area contributed by atoms with Gasteiger partial charge in [-0.3, -0.25) is 9.69 Å². The molecule has 0 bridgehead atoms. The highest BCUT2D eigenvalue weighted by Crippen LogP contribution is 2.46. The standard InChI is InChI=1S/C16H28N2O2/c1-12-10-18(11-16(12,20)13-6-7-13)9-8-15(19)17-14-4-2-3-5-14/h12-14,20H,2-11H2,1H3,(H,17,19)/t12-,16+/m1/s1. The minimum absolute atomic E-state index is 0.186. The number of hydrogen-bond donors (Lipinski definition) is 2. The van der Waals surface area contributed by atoms with Gasteiger partial charge in [0.25, 0.3) is 0 Å². The maximum absolute atomic E-state index is 11.9. The molecule has 2 aliphatic carbocycles. The van der Waals surface area contributed by atoms with Crippen molar-refractivity contribution in [3.63, 3.8) is 0 Å². The van der Waals surface area contributed by atoms with Crippen molar-refractivity contribution in [3.8, 4) is 0 Å². The Labute approximate surface area is 121 Å². The molecule has 2 saturated carbocycles. The van der Waals surface area contributed by atoms with E-state index in [0.717, 1.165) is 32.5 Å². The molecule has 2 atom stereocenters. The van der Waals surface area contributed by atoms with Crippen LogP contribution in [0.3, 0.4) is 0 Å². The third-order valence-electron chi connectivity index (χ3n) is 5.52. The van der Waals surface area contributed by atoms with E-state index < -0.39 is 5.60 Å². The van der Waals surface area contributed by atoms with Crippen molar-refractivity contribution < 1.29 is 9.90 Å². The van der Waals surface area contributed by atoms with Crippen LogP contribution in [0, 0.1) is 11.8 Å². The minimum atomic E-state index is -0.484. The molecule has 4 nitrogen and oxygen atoms in total. The van der Waals surface area contributed by atoms with Gasteiger partial charge >= 0.3 is 0 Å². The number of β-amino-alcohol motifs (C(OH)–C–C–N with tert-alkyl or cyclic N) is 1. The number of carbonyl (C=O) groups excluding carboxylic acids is 1. The van der Waals surface area contributed by atoms with E-state index in [1.165, 1.54) is 25.7 Å². The number of aliphatic hydroxyl groups is 1. The zero-order valence-corrected chi connectivity index (χ0v) is 12.6. The number of nitrogens with one attached hydrogen (secondary N) is 1. The van der Waals surface area contributed by atoms with Crippen LogP contribution in [-0.2, 0) is 4.79 Å². The predicted octanol–water partition coefficient (Wildman–Crippen LogP) is 1.53. The first-order valence-corrected chi connectivity index (χ1v) is 8.32. The third-order valence-corrected chi connectivity index (χ3v) is 5.52. The van der Waals surface area contributed by atoms with Gasteiger partial charge in [-0.2, -0.15) is 0 Å². The summed E-state index contributed by atoms with van der Waals surface area (Å²) >= 11 is 0. The maximum atomic E-state index is 11.9. The topological polar surface area (TPSA) is 52.6 Å². The van der Waals surface area contributed by atoms with Gasteiger partial charge in [0, 0.05) is 32.1 Å². The largest absolute Gasteiger partial charge is 0.388 e. The number of likely N-dealkylation sites (tertiary alicyclic amines) is 1. The van der Waals surface area contributed by atoms with Gasteiger partial charge in [-0.05, 0) is 37.5 Å². The molecule has 0 spiro atoms. The Hall–Kier alpha value is -0.610. The Morgan fingerprint density at radius 3 is 2.65 bits per heavy atom. The van der Waals surface area contributed by atoms with Crippen LogP contribution in [0.1, 0.15) is 51.9 Å². The van der Waals surface area contributed by atoms with E-state index in [4.69, 9.17) is 0 Å². The summed E-state index contributed by atoms with van der Waals surface area (Å²) in [5.74, 6) is 1.04. The molecule has 0 aromatic heterocycles. The van der Waals surface area contributed by atoms with Crippen molar-refractivity contribution in [3.05, 3.63) is 0 Å². The summed E-state index contributed by atoms with van der Waals surface area (Å²) in [6.07, 6.45) is 7.73. The number of rotatable bonds is 5. The second-order valence-corrected chi connectivity index (χ2v) is 7.20. The molecule has 4 heteroatoms. The molecule has 2 N–H and O–H groups in total. The van der Waals surface area contributed by atoms with Gasteiger partial charge < -0.3 is 10.4 Å². The molecule has 1 aliphatic heterocycles. The first kappa shape index (κ1) is 14.3. The molecule has 3 fully saturated rings. The van der Waals surface area contributed by atoms with E-state index in [9.17, 15) is 9.90 Å². The monoisotopic (exact) mass is 280 g/mol. The minimum Gasteiger partial charge on any atom is -0.388 e. The second kappa shape index (κ2) is 5.64. The summed E-state index contributed by atoms with van der Waals surface area (Å²) in [6.45, 7) is 4.63.